The monoisotopic (exact) mass is 299 g/mol. The van der Waals surface area contributed by atoms with E-state index < -0.39 is 0 Å². The van der Waals surface area contributed by atoms with Gasteiger partial charge in [-0.25, -0.2) is 0 Å². The van der Waals surface area contributed by atoms with Gasteiger partial charge in [-0.1, -0.05) is 12.1 Å². The first kappa shape index (κ1) is 15.9. The molecular formula is C16H21N5O. The van der Waals surface area contributed by atoms with Crippen molar-refractivity contribution >= 4 is 5.91 Å². The summed E-state index contributed by atoms with van der Waals surface area (Å²) in [5.41, 5.74) is 1.84. The minimum absolute atomic E-state index is 0.139. The van der Waals surface area contributed by atoms with Gasteiger partial charge in [0.05, 0.1) is 12.2 Å². The molecule has 0 bridgehead atoms. The molecule has 2 rings (SSSR count). The van der Waals surface area contributed by atoms with Crippen LogP contribution in [0.5, 0.6) is 0 Å². The third-order valence-corrected chi connectivity index (χ3v) is 3.10. The van der Waals surface area contributed by atoms with Gasteiger partial charge in [-0.2, -0.15) is 5.10 Å². The van der Waals surface area contributed by atoms with Crippen LogP contribution in [0.1, 0.15) is 17.2 Å². The van der Waals surface area contributed by atoms with Crippen molar-refractivity contribution in [2.24, 2.45) is 7.05 Å². The number of nitrogens with zero attached hydrogens (tertiary/aromatic N) is 4. The van der Waals surface area contributed by atoms with E-state index >= 15 is 0 Å². The fourth-order valence-corrected chi connectivity index (χ4v) is 2.06. The Hall–Kier alpha value is -2.47. The standard InChI is InChI=1S/C16H21N5O/c1-20(2)9-5-7-15(22)19-16(13-6-4-8-17-10-13)14-11-18-21(3)12-14/h4-8,10-12,16H,9H2,1-3H3,(H,19,22)/b7-5+. The second kappa shape index (κ2) is 7.51. The van der Waals surface area contributed by atoms with Gasteiger partial charge in [-0.05, 0) is 25.7 Å². The zero-order chi connectivity index (χ0) is 15.9. The molecule has 0 aromatic carbocycles. The van der Waals surface area contributed by atoms with Gasteiger partial charge < -0.3 is 10.2 Å². The molecule has 116 valence electrons. The summed E-state index contributed by atoms with van der Waals surface area (Å²) in [5, 5.41) is 7.18. The smallest absolute Gasteiger partial charge is 0.244 e. The van der Waals surface area contributed by atoms with Gasteiger partial charge in [0.2, 0.25) is 5.91 Å². The van der Waals surface area contributed by atoms with Crippen molar-refractivity contribution in [3.63, 3.8) is 0 Å². The lowest BCUT2D eigenvalue weighted by atomic mass is 10.0. The van der Waals surface area contributed by atoms with E-state index in [0.29, 0.717) is 0 Å². The van der Waals surface area contributed by atoms with E-state index in [4.69, 9.17) is 0 Å². The SMILES string of the molecule is CN(C)C/C=C/C(=O)NC(c1cccnc1)c1cnn(C)c1. The van der Waals surface area contributed by atoms with Crippen molar-refractivity contribution in [2.45, 2.75) is 6.04 Å². The molecule has 1 atom stereocenters. The number of carbonyl (C=O) groups excluding carboxylic acids is 1. The van der Waals surface area contributed by atoms with E-state index in [1.807, 2.05) is 50.4 Å². The second-order valence-corrected chi connectivity index (χ2v) is 5.34. The fraction of sp³-hybridized carbons (Fsp3) is 0.312. The third-order valence-electron chi connectivity index (χ3n) is 3.10. The number of nitrogens with one attached hydrogen (secondary N) is 1. The quantitative estimate of drug-likeness (QED) is 0.813. The average molecular weight is 299 g/mol. The highest BCUT2D eigenvalue weighted by Crippen LogP contribution is 2.20. The number of likely N-dealkylation sites (N-methyl/N-ethyl adjacent to an activating group) is 1. The molecule has 1 N–H and O–H groups in total. The van der Waals surface area contributed by atoms with Crippen LogP contribution >= 0.6 is 0 Å². The maximum atomic E-state index is 12.1. The van der Waals surface area contributed by atoms with E-state index in [1.165, 1.54) is 0 Å². The van der Waals surface area contributed by atoms with Crippen molar-refractivity contribution in [3.8, 4) is 0 Å². The van der Waals surface area contributed by atoms with Gasteiger partial charge in [0.15, 0.2) is 0 Å². The van der Waals surface area contributed by atoms with Gasteiger partial charge in [-0.3, -0.25) is 14.5 Å². The minimum atomic E-state index is -0.265. The molecule has 1 unspecified atom stereocenters. The molecule has 2 heterocycles. The van der Waals surface area contributed by atoms with Crippen LogP contribution in [0.15, 0.2) is 49.1 Å². The van der Waals surface area contributed by atoms with Gasteiger partial charge in [-0.15, -0.1) is 0 Å². The molecule has 0 aliphatic carbocycles. The Morgan fingerprint density at radius 2 is 2.23 bits per heavy atom. The molecular weight excluding hydrogens is 278 g/mol. The molecule has 0 spiro atoms. The Labute approximate surface area is 130 Å². The summed E-state index contributed by atoms with van der Waals surface area (Å²) in [5.74, 6) is -0.139. The summed E-state index contributed by atoms with van der Waals surface area (Å²) in [6, 6.07) is 3.53. The Balaban J connectivity index is 2.15. The topological polar surface area (TPSA) is 63.1 Å². The van der Waals surface area contributed by atoms with Gasteiger partial charge in [0.1, 0.15) is 0 Å². The Morgan fingerprint density at radius 3 is 2.82 bits per heavy atom. The molecule has 0 aliphatic heterocycles. The highest BCUT2D eigenvalue weighted by molar-refractivity contribution is 5.88. The number of carbonyl (C=O) groups is 1. The molecule has 0 saturated carbocycles. The van der Waals surface area contributed by atoms with Crippen LogP contribution in [0.25, 0.3) is 0 Å². The van der Waals surface area contributed by atoms with Crippen LogP contribution in [0.2, 0.25) is 0 Å². The van der Waals surface area contributed by atoms with Crippen molar-refractivity contribution < 1.29 is 4.79 Å². The van der Waals surface area contributed by atoms with Gasteiger partial charge >= 0.3 is 0 Å². The Morgan fingerprint density at radius 1 is 1.41 bits per heavy atom. The molecule has 22 heavy (non-hydrogen) atoms. The first-order valence-corrected chi connectivity index (χ1v) is 7.06. The summed E-state index contributed by atoms with van der Waals surface area (Å²) in [6.07, 6.45) is 10.5. The maximum absolute atomic E-state index is 12.1. The largest absolute Gasteiger partial charge is 0.341 e. The highest BCUT2D eigenvalue weighted by atomic mass is 16.1. The van der Waals surface area contributed by atoms with E-state index in [0.717, 1.165) is 17.7 Å². The van der Waals surface area contributed by atoms with Crippen molar-refractivity contribution in [1.82, 2.24) is 25.0 Å². The summed E-state index contributed by atoms with van der Waals surface area (Å²) in [6.45, 7) is 0.720. The molecule has 6 nitrogen and oxygen atoms in total. The lowest BCUT2D eigenvalue weighted by molar-refractivity contribution is -0.117. The van der Waals surface area contributed by atoms with Crippen LogP contribution in [-0.4, -0.2) is 46.2 Å². The lowest BCUT2D eigenvalue weighted by Crippen LogP contribution is -2.28. The molecule has 0 aliphatic rings. The number of rotatable bonds is 6. The van der Waals surface area contributed by atoms with Crippen molar-refractivity contribution in [2.75, 3.05) is 20.6 Å². The van der Waals surface area contributed by atoms with Crippen molar-refractivity contribution in [3.05, 3.63) is 60.2 Å². The van der Waals surface area contributed by atoms with Crippen LogP contribution in [-0.2, 0) is 11.8 Å². The summed E-state index contributed by atoms with van der Waals surface area (Å²) in [7, 11) is 5.76. The second-order valence-electron chi connectivity index (χ2n) is 5.34. The highest BCUT2D eigenvalue weighted by Gasteiger charge is 2.17. The number of aromatic nitrogens is 3. The Bertz CT molecular complexity index is 633. The van der Waals surface area contributed by atoms with E-state index in [-0.39, 0.29) is 11.9 Å². The van der Waals surface area contributed by atoms with Crippen LogP contribution in [0.4, 0.5) is 0 Å². The van der Waals surface area contributed by atoms with E-state index in [9.17, 15) is 4.79 Å². The zero-order valence-electron chi connectivity index (χ0n) is 13.1. The number of hydrogen-bond donors (Lipinski definition) is 1. The van der Waals surface area contributed by atoms with E-state index in [2.05, 4.69) is 15.4 Å². The molecule has 0 radical (unpaired) electrons. The predicted octanol–water partition coefficient (Wildman–Crippen LogP) is 1.14. The maximum Gasteiger partial charge on any atom is 0.244 e. The van der Waals surface area contributed by atoms with Crippen LogP contribution in [0.3, 0.4) is 0 Å². The number of hydrogen-bond acceptors (Lipinski definition) is 4. The fourth-order valence-electron chi connectivity index (χ4n) is 2.06. The van der Waals surface area contributed by atoms with Gasteiger partial charge in [0.25, 0.3) is 0 Å². The number of pyridine rings is 1. The molecule has 2 aromatic heterocycles. The molecule has 0 fully saturated rings. The molecule has 6 heteroatoms. The third kappa shape index (κ3) is 4.53. The summed E-state index contributed by atoms with van der Waals surface area (Å²) < 4.78 is 1.72. The van der Waals surface area contributed by atoms with Crippen LogP contribution < -0.4 is 5.32 Å². The number of aryl methyl sites for hydroxylation is 1. The van der Waals surface area contributed by atoms with E-state index in [1.54, 1.807) is 29.3 Å². The summed E-state index contributed by atoms with van der Waals surface area (Å²) >= 11 is 0. The first-order chi connectivity index (χ1) is 10.6. The minimum Gasteiger partial charge on any atom is -0.341 e. The van der Waals surface area contributed by atoms with Crippen LogP contribution in [0, 0.1) is 0 Å². The van der Waals surface area contributed by atoms with Crippen molar-refractivity contribution in [1.29, 1.82) is 0 Å². The normalized spacial score (nSPS) is 12.7. The average Bonchev–Trinajstić information content (AvgIpc) is 2.91. The van der Waals surface area contributed by atoms with Gasteiger partial charge in [0, 0.05) is 43.8 Å². The Kier molecular flexibility index (Phi) is 5.43. The molecule has 2 aromatic rings. The molecule has 0 saturated heterocycles. The molecule has 1 amide bonds. The summed E-state index contributed by atoms with van der Waals surface area (Å²) in [4.78, 5) is 18.2. The zero-order valence-corrected chi connectivity index (χ0v) is 13.1. The number of amides is 1. The predicted molar refractivity (Wildman–Crippen MR) is 85.1 cm³/mol. The lowest BCUT2D eigenvalue weighted by Gasteiger charge is -2.16. The first-order valence-electron chi connectivity index (χ1n) is 7.06.